The molecule has 2 fully saturated rings. The van der Waals surface area contributed by atoms with E-state index >= 15 is 0 Å². The first-order valence-corrected chi connectivity index (χ1v) is 18.2. The predicted molar refractivity (Wildman–Crippen MR) is 175 cm³/mol. The Morgan fingerprint density at radius 1 is 1.07 bits per heavy atom. The van der Waals surface area contributed by atoms with Crippen LogP contribution in [0.5, 0.6) is 0 Å². The van der Waals surface area contributed by atoms with Crippen molar-refractivity contribution in [2.24, 2.45) is 10.8 Å². The third-order valence-corrected chi connectivity index (χ3v) is 13.5. The highest BCUT2D eigenvalue weighted by Gasteiger charge is 2.53. The lowest BCUT2D eigenvalue weighted by atomic mass is 9.65. The molecule has 1 amide bonds. The van der Waals surface area contributed by atoms with Crippen molar-refractivity contribution in [2.75, 3.05) is 25.0 Å². The Balaban J connectivity index is 1.16. The van der Waals surface area contributed by atoms with Gasteiger partial charge in [0.1, 0.15) is 10.0 Å². The number of carbonyl (C=O) groups is 1. The summed E-state index contributed by atoms with van der Waals surface area (Å²) < 4.78 is 30.4. The number of thiazole rings is 1. The molecule has 2 atom stereocenters. The molecule has 4 heterocycles. The second kappa shape index (κ2) is 10.5. The van der Waals surface area contributed by atoms with Gasteiger partial charge in [-0.1, -0.05) is 39.8 Å². The Kier molecular flexibility index (Phi) is 7.09. The number of amides is 1. The second-order valence-corrected chi connectivity index (χ2v) is 17.6. The topological polar surface area (TPSA) is 82.6 Å². The molecule has 2 aliphatic heterocycles. The van der Waals surface area contributed by atoms with Gasteiger partial charge in [0.25, 0.3) is 5.91 Å². The van der Waals surface area contributed by atoms with Gasteiger partial charge in [-0.3, -0.25) is 9.69 Å². The van der Waals surface area contributed by atoms with Crippen LogP contribution in [0.15, 0.2) is 53.4 Å². The molecule has 2 aromatic heterocycles. The van der Waals surface area contributed by atoms with Crippen LogP contribution in [0.4, 0.5) is 5.00 Å². The average Bonchev–Trinajstić information content (AvgIpc) is 3.62. The van der Waals surface area contributed by atoms with Crippen LogP contribution in [0.2, 0.25) is 0 Å². The number of hydrogen-bond donors (Lipinski definition) is 1. The number of carbonyl (C=O) groups excluding carboxylic acids is 1. The number of nitrogens with zero attached hydrogens (tertiary/aromatic N) is 3. The van der Waals surface area contributed by atoms with Gasteiger partial charge in [-0.25, -0.2) is 13.4 Å². The first-order valence-electron chi connectivity index (χ1n) is 15.1. The Bertz CT molecular complexity index is 1790. The fourth-order valence-electron chi connectivity index (χ4n) is 7.80. The largest absolute Gasteiger partial charge is 0.313 e. The summed E-state index contributed by atoms with van der Waals surface area (Å²) in [6.45, 7) is 12.3. The number of sulfonamides is 1. The number of para-hydroxylation sites is 1. The fourth-order valence-corrected chi connectivity index (χ4v) is 12.0. The molecular weight excluding hydrogens is 597 g/mol. The van der Waals surface area contributed by atoms with Crippen molar-refractivity contribution in [1.82, 2.24) is 14.2 Å². The zero-order valence-electron chi connectivity index (χ0n) is 25.1. The number of anilines is 1. The molecule has 2 aromatic carbocycles. The maximum absolute atomic E-state index is 13.8. The molecule has 3 aliphatic rings. The van der Waals surface area contributed by atoms with E-state index in [1.807, 2.05) is 18.2 Å². The number of likely N-dealkylation sites (N-methyl/N-ethyl adjacent to an activating group) is 1. The highest BCUT2D eigenvalue weighted by molar-refractivity contribution is 7.89. The molecule has 7 nitrogen and oxygen atoms in total. The lowest BCUT2D eigenvalue weighted by Gasteiger charge is -2.39. The van der Waals surface area contributed by atoms with Crippen LogP contribution in [0.3, 0.4) is 0 Å². The van der Waals surface area contributed by atoms with Crippen molar-refractivity contribution in [3.8, 4) is 10.6 Å². The quantitative estimate of drug-likeness (QED) is 0.242. The van der Waals surface area contributed by atoms with E-state index in [0.29, 0.717) is 12.1 Å². The van der Waals surface area contributed by atoms with Crippen LogP contribution in [0.25, 0.3) is 20.8 Å². The summed E-state index contributed by atoms with van der Waals surface area (Å²) in [6, 6.07) is 14.6. The second-order valence-electron chi connectivity index (χ2n) is 13.6. The highest BCUT2D eigenvalue weighted by Crippen LogP contribution is 2.53. The Hall–Kier alpha value is -2.63. The van der Waals surface area contributed by atoms with Gasteiger partial charge in [0, 0.05) is 41.7 Å². The Labute approximate surface area is 262 Å². The number of nitrogens with one attached hydrogen (secondary N) is 1. The first-order chi connectivity index (χ1) is 20.4. The zero-order chi connectivity index (χ0) is 30.1. The number of hydrogen-bond acceptors (Lipinski definition) is 7. The van der Waals surface area contributed by atoms with E-state index in [-0.39, 0.29) is 27.7 Å². The summed E-state index contributed by atoms with van der Waals surface area (Å²) in [5, 5.41) is 4.92. The van der Waals surface area contributed by atoms with Crippen LogP contribution in [-0.2, 0) is 23.0 Å². The summed E-state index contributed by atoms with van der Waals surface area (Å²) in [6.07, 6.45) is 3.73. The van der Waals surface area contributed by atoms with Crippen molar-refractivity contribution in [1.29, 1.82) is 0 Å². The first kappa shape index (κ1) is 29.1. The standard InChI is InChI=1S/C33H38N4O3S3/c1-5-36-15-14-24-27(18-36)42-31(28(24)30-34-25-8-6-7-9-26(25)41-30)35-29(38)21-10-12-23(13-11-21)43(39,40)37-20-33(4)17-22(37)16-32(2,3)19-33/h6-13,22H,5,14-20H2,1-4H3,(H,35,38). The molecule has 226 valence electrons. The van der Waals surface area contributed by atoms with Gasteiger partial charge in [-0.15, -0.1) is 22.7 Å². The molecule has 2 unspecified atom stereocenters. The smallest absolute Gasteiger partial charge is 0.256 e. The van der Waals surface area contributed by atoms with Gasteiger partial charge in [-0.2, -0.15) is 4.31 Å². The minimum atomic E-state index is -3.66. The van der Waals surface area contributed by atoms with Gasteiger partial charge in [0.05, 0.1) is 15.1 Å². The number of rotatable bonds is 6. The van der Waals surface area contributed by atoms with E-state index in [1.165, 1.54) is 10.4 Å². The normalized spacial score (nSPS) is 23.9. The molecule has 43 heavy (non-hydrogen) atoms. The lowest BCUT2D eigenvalue weighted by molar-refractivity contribution is 0.102. The molecule has 7 rings (SSSR count). The third kappa shape index (κ3) is 5.25. The summed E-state index contributed by atoms with van der Waals surface area (Å²) in [4.78, 5) is 22.5. The lowest BCUT2D eigenvalue weighted by Crippen LogP contribution is -2.37. The van der Waals surface area contributed by atoms with E-state index in [2.05, 4.69) is 44.0 Å². The summed E-state index contributed by atoms with van der Waals surface area (Å²) in [5.41, 5.74) is 3.84. The van der Waals surface area contributed by atoms with Crippen LogP contribution in [0.1, 0.15) is 67.8 Å². The molecule has 2 bridgehead atoms. The summed E-state index contributed by atoms with van der Waals surface area (Å²) in [7, 11) is -3.66. The molecule has 1 aliphatic carbocycles. The van der Waals surface area contributed by atoms with Crippen molar-refractivity contribution < 1.29 is 13.2 Å². The maximum Gasteiger partial charge on any atom is 0.256 e. The van der Waals surface area contributed by atoms with Gasteiger partial charge in [-0.05, 0) is 85.0 Å². The molecule has 1 N–H and O–H groups in total. The van der Waals surface area contributed by atoms with Gasteiger partial charge < -0.3 is 5.32 Å². The molecule has 10 heteroatoms. The van der Waals surface area contributed by atoms with Gasteiger partial charge >= 0.3 is 0 Å². The number of fused-ring (bicyclic) bond motifs is 4. The average molecular weight is 635 g/mol. The monoisotopic (exact) mass is 634 g/mol. The number of thiophene rings is 1. The van der Waals surface area contributed by atoms with E-state index in [0.717, 1.165) is 71.1 Å². The highest BCUT2D eigenvalue weighted by atomic mass is 32.2. The van der Waals surface area contributed by atoms with Crippen LogP contribution >= 0.6 is 22.7 Å². The molecule has 1 saturated heterocycles. The number of benzene rings is 2. The van der Waals surface area contributed by atoms with Crippen molar-refractivity contribution >= 4 is 53.8 Å². The van der Waals surface area contributed by atoms with Crippen molar-refractivity contribution in [2.45, 2.75) is 70.9 Å². The van der Waals surface area contributed by atoms with E-state index in [1.54, 1.807) is 51.2 Å². The fraction of sp³-hybridized carbons (Fsp3) is 0.455. The van der Waals surface area contributed by atoms with Gasteiger partial charge in [0.2, 0.25) is 10.0 Å². The zero-order valence-corrected chi connectivity index (χ0v) is 27.6. The SMILES string of the molecule is CCN1CCc2c(sc(NC(=O)c3ccc(S(=O)(=O)N4CC5(C)CC4CC(C)(C)C5)cc3)c2-c2nc3ccccc3s2)C1. The van der Waals surface area contributed by atoms with E-state index in [9.17, 15) is 13.2 Å². The molecule has 0 radical (unpaired) electrons. The van der Waals surface area contributed by atoms with E-state index < -0.39 is 10.0 Å². The molecule has 1 saturated carbocycles. The molecule has 0 spiro atoms. The Morgan fingerprint density at radius 2 is 1.84 bits per heavy atom. The molecule has 4 aromatic rings. The predicted octanol–water partition coefficient (Wildman–Crippen LogP) is 7.24. The third-order valence-electron chi connectivity index (χ3n) is 9.41. The van der Waals surface area contributed by atoms with Gasteiger partial charge in [0.15, 0.2) is 0 Å². The summed E-state index contributed by atoms with van der Waals surface area (Å²) in [5.74, 6) is -0.247. The molecular formula is C33H38N4O3S3. The summed E-state index contributed by atoms with van der Waals surface area (Å²) >= 11 is 3.29. The van der Waals surface area contributed by atoms with Crippen LogP contribution < -0.4 is 5.32 Å². The minimum Gasteiger partial charge on any atom is -0.313 e. The Morgan fingerprint density at radius 3 is 2.58 bits per heavy atom. The van der Waals surface area contributed by atoms with Crippen LogP contribution in [-0.4, -0.2) is 54.2 Å². The minimum absolute atomic E-state index is 0.00826. The van der Waals surface area contributed by atoms with Crippen LogP contribution in [0, 0.1) is 10.8 Å². The van der Waals surface area contributed by atoms with E-state index in [4.69, 9.17) is 4.98 Å². The maximum atomic E-state index is 13.8. The van der Waals surface area contributed by atoms with Crippen molar-refractivity contribution in [3.63, 3.8) is 0 Å². The number of aromatic nitrogens is 1. The van der Waals surface area contributed by atoms with Crippen molar-refractivity contribution in [3.05, 3.63) is 64.5 Å².